The first-order chi connectivity index (χ1) is 17.7. The number of hydrogen-bond acceptors (Lipinski definition) is 4. The monoisotopic (exact) mass is 506 g/mol. The average molecular weight is 506 g/mol. The van der Waals surface area contributed by atoms with E-state index in [9.17, 15) is 22.8 Å². The van der Waals surface area contributed by atoms with Gasteiger partial charge in [-0.1, -0.05) is 29.5 Å². The van der Waals surface area contributed by atoms with Gasteiger partial charge < -0.3 is 15.6 Å². The summed E-state index contributed by atoms with van der Waals surface area (Å²) in [6.45, 7) is 2.53. The number of aromatic nitrogens is 4. The predicted octanol–water partition coefficient (Wildman–Crippen LogP) is 4.52. The third-order valence-corrected chi connectivity index (χ3v) is 5.94. The van der Waals surface area contributed by atoms with Gasteiger partial charge in [-0.05, 0) is 48.4 Å². The summed E-state index contributed by atoms with van der Waals surface area (Å²) >= 11 is 0. The van der Waals surface area contributed by atoms with Gasteiger partial charge in [0.15, 0.2) is 0 Å². The van der Waals surface area contributed by atoms with Gasteiger partial charge in [-0.15, -0.1) is 5.10 Å². The second-order valence-corrected chi connectivity index (χ2v) is 8.52. The molecule has 0 spiro atoms. The number of halogens is 3. The van der Waals surface area contributed by atoms with Crippen LogP contribution < -0.4 is 10.6 Å². The molecule has 2 amide bonds. The van der Waals surface area contributed by atoms with Crippen molar-refractivity contribution in [1.29, 1.82) is 0 Å². The summed E-state index contributed by atoms with van der Waals surface area (Å²) in [4.78, 5) is 29.0. The maximum Gasteiger partial charge on any atom is 0.416 e. The van der Waals surface area contributed by atoms with Crippen LogP contribution in [0.5, 0.6) is 0 Å². The molecule has 2 aromatic carbocycles. The first kappa shape index (κ1) is 24.0. The van der Waals surface area contributed by atoms with Crippen molar-refractivity contribution in [3.8, 4) is 11.1 Å². The fourth-order valence-corrected chi connectivity index (χ4v) is 4.28. The molecule has 5 rings (SSSR count). The van der Waals surface area contributed by atoms with Crippen LogP contribution in [0.15, 0.2) is 60.9 Å². The number of anilines is 1. The first-order valence-electron chi connectivity index (χ1n) is 11.4. The van der Waals surface area contributed by atoms with E-state index in [4.69, 9.17) is 0 Å². The lowest BCUT2D eigenvalue weighted by Gasteiger charge is -2.12. The van der Waals surface area contributed by atoms with Gasteiger partial charge in [0.1, 0.15) is 0 Å². The Balaban J connectivity index is 1.50. The van der Waals surface area contributed by atoms with E-state index in [1.165, 1.54) is 6.07 Å². The van der Waals surface area contributed by atoms with Gasteiger partial charge in [0.2, 0.25) is 0 Å². The molecule has 0 saturated carbocycles. The number of hydrogen-bond donors (Lipinski definition) is 3. The topological polar surface area (TPSA) is 105 Å². The van der Waals surface area contributed by atoms with E-state index in [1.807, 2.05) is 0 Å². The number of aromatic amines is 1. The Bertz CT molecular complexity index is 1520. The molecule has 1 aliphatic heterocycles. The lowest BCUT2D eigenvalue weighted by atomic mass is 9.93. The average Bonchev–Trinajstić information content (AvgIpc) is 3.58. The first-order valence-corrected chi connectivity index (χ1v) is 11.4. The Hall–Kier alpha value is -4.67. The SMILES string of the molecule is Cc1cc(C(=O)NCCn2ccnn2)c(/C=C2\C(=O)Nc3cccc(-c4cccc(C(F)(F)F)c4)c32)[nH]1. The molecular weight excluding hydrogens is 485 g/mol. The summed E-state index contributed by atoms with van der Waals surface area (Å²) < 4.78 is 41.6. The van der Waals surface area contributed by atoms with Crippen molar-refractivity contribution >= 4 is 29.2 Å². The van der Waals surface area contributed by atoms with Crippen molar-refractivity contribution < 1.29 is 22.8 Å². The highest BCUT2D eigenvalue weighted by Gasteiger charge is 2.32. The number of nitrogens with zero attached hydrogens (tertiary/aromatic N) is 3. The largest absolute Gasteiger partial charge is 0.416 e. The van der Waals surface area contributed by atoms with Gasteiger partial charge in [-0.3, -0.25) is 14.3 Å². The normalized spacial score (nSPS) is 14.1. The van der Waals surface area contributed by atoms with Crippen molar-refractivity contribution in [3.63, 3.8) is 0 Å². The van der Waals surface area contributed by atoms with Crippen LogP contribution in [-0.4, -0.2) is 38.3 Å². The molecule has 37 heavy (non-hydrogen) atoms. The van der Waals surface area contributed by atoms with Crippen LogP contribution in [0.3, 0.4) is 0 Å². The summed E-state index contributed by atoms with van der Waals surface area (Å²) in [5, 5.41) is 13.2. The van der Waals surface area contributed by atoms with Crippen LogP contribution in [-0.2, 0) is 17.5 Å². The van der Waals surface area contributed by atoms with Gasteiger partial charge in [0.25, 0.3) is 11.8 Å². The minimum Gasteiger partial charge on any atom is -0.358 e. The van der Waals surface area contributed by atoms with Crippen molar-refractivity contribution in [2.75, 3.05) is 11.9 Å². The van der Waals surface area contributed by atoms with Crippen LogP contribution in [0.4, 0.5) is 18.9 Å². The molecular formula is C26H21F3N6O2. The predicted molar refractivity (Wildman–Crippen MR) is 131 cm³/mol. The van der Waals surface area contributed by atoms with Crippen LogP contribution in [0.2, 0.25) is 0 Å². The summed E-state index contributed by atoms with van der Waals surface area (Å²) in [6.07, 6.45) is 0.274. The van der Waals surface area contributed by atoms with E-state index in [1.54, 1.807) is 60.4 Å². The Morgan fingerprint density at radius 3 is 2.73 bits per heavy atom. The molecule has 8 nitrogen and oxygen atoms in total. The fraction of sp³-hybridized carbons (Fsp3) is 0.154. The lowest BCUT2D eigenvalue weighted by molar-refractivity contribution is -0.137. The van der Waals surface area contributed by atoms with Crippen molar-refractivity contribution in [2.45, 2.75) is 19.6 Å². The molecule has 1 aliphatic rings. The van der Waals surface area contributed by atoms with Crippen LogP contribution >= 0.6 is 0 Å². The molecule has 0 saturated heterocycles. The zero-order valence-electron chi connectivity index (χ0n) is 19.6. The van der Waals surface area contributed by atoms with E-state index in [0.29, 0.717) is 52.4 Å². The molecule has 11 heteroatoms. The lowest BCUT2D eigenvalue weighted by Crippen LogP contribution is -2.27. The highest BCUT2D eigenvalue weighted by Crippen LogP contribution is 2.41. The molecule has 0 atom stereocenters. The Labute approximate surface area is 209 Å². The molecule has 3 N–H and O–H groups in total. The van der Waals surface area contributed by atoms with Gasteiger partial charge in [0, 0.05) is 29.7 Å². The second kappa shape index (κ2) is 9.41. The van der Waals surface area contributed by atoms with E-state index in [-0.39, 0.29) is 11.5 Å². The van der Waals surface area contributed by atoms with E-state index < -0.39 is 17.6 Å². The summed E-state index contributed by atoms with van der Waals surface area (Å²) in [5.74, 6) is -0.764. The third kappa shape index (κ3) is 4.88. The molecule has 4 aromatic rings. The Morgan fingerprint density at radius 2 is 1.97 bits per heavy atom. The Morgan fingerprint density at radius 1 is 1.16 bits per heavy atom. The number of amides is 2. The number of carbonyl (C=O) groups is 2. The smallest absolute Gasteiger partial charge is 0.358 e. The van der Waals surface area contributed by atoms with Crippen molar-refractivity contribution in [1.82, 2.24) is 25.3 Å². The number of rotatable bonds is 6. The van der Waals surface area contributed by atoms with E-state index >= 15 is 0 Å². The van der Waals surface area contributed by atoms with E-state index in [0.717, 1.165) is 12.1 Å². The molecule has 0 aliphatic carbocycles. The number of fused-ring (bicyclic) bond motifs is 1. The van der Waals surface area contributed by atoms with Gasteiger partial charge in [-0.2, -0.15) is 13.2 Å². The summed E-state index contributed by atoms with van der Waals surface area (Å²) in [6, 6.07) is 11.7. The molecule has 2 aromatic heterocycles. The summed E-state index contributed by atoms with van der Waals surface area (Å²) in [7, 11) is 0. The second-order valence-electron chi connectivity index (χ2n) is 8.52. The Kier molecular flexibility index (Phi) is 6.12. The minimum absolute atomic E-state index is 0.238. The number of benzene rings is 2. The highest BCUT2D eigenvalue weighted by molar-refractivity contribution is 6.36. The molecule has 188 valence electrons. The minimum atomic E-state index is -4.50. The number of alkyl halides is 3. The molecule has 0 bridgehead atoms. The maximum atomic E-state index is 13.3. The van der Waals surface area contributed by atoms with Crippen molar-refractivity contribution in [2.24, 2.45) is 0 Å². The zero-order valence-corrected chi connectivity index (χ0v) is 19.6. The number of H-pyrrole nitrogens is 1. The number of carbonyl (C=O) groups excluding carboxylic acids is 2. The van der Waals surface area contributed by atoms with Crippen LogP contribution in [0.25, 0.3) is 22.8 Å². The van der Waals surface area contributed by atoms with Crippen LogP contribution in [0.1, 0.15) is 32.9 Å². The molecule has 0 fully saturated rings. The quantitative estimate of drug-likeness (QED) is 0.335. The van der Waals surface area contributed by atoms with Gasteiger partial charge in [-0.25, -0.2) is 0 Å². The molecule has 3 heterocycles. The number of aryl methyl sites for hydroxylation is 1. The zero-order chi connectivity index (χ0) is 26.2. The fourth-order valence-electron chi connectivity index (χ4n) is 4.28. The number of nitrogens with one attached hydrogen (secondary N) is 3. The van der Waals surface area contributed by atoms with Gasteiger partial charge in [0.05, 0.1) is 35.1 Å². The van der Waals surface area contributed by atoms with Gasteiger partial charge >= 0.3 is 6.18 Å². The highest BCUT2D eigenvalue weighted by atomic mass is 19.4. The van der Waals surface area contributed by atoms with Crippen LogP contribution in [0, 0.1) is 6.92 Å². The van der Waals surface area contributed by atoms with E-state index in [2.05, 4.69) is 25.9 Å². The summed E-state index contributed by atoms with van der Waals surface area (Å²) in [5.41, 5.74) is 2.65. The standard InChI is InChI=1S/C26H21F3N6O2/c1-15-12-19(24(36)30-8-10-35-11-9-31-34-35)22(32-15)14-20-23-18(6-3-7-21(23)33-25(20)37)16-4-2-5-17(13-16)26(27,28)29/h2-7,9,11-14,32H,8,10H2,1H3,(H,30,36)(H,33,37)/b20-14-. The van der Waals surface area contributed by atoms with Crippen molar-refractivity contribution in [3.05, 3.63) is 89.0 Å². The molecule has 0 unspecified atom stereocenters. The maximum absolute atomic E-state index is 13.3. The third-order valence-electron chi connectivity index (χ3n) is 5.94. The molecule has 0 radical (unpaired) electrons.